The summed E-state index contributed by atoms with van der Waals surface area (Å²) in [5.74, 6) is 0.0496. The van der Waals surface area contributed by atoms with E-state index >= 15 is 0 Å². The second-order valence-electron chi connectivity index (χ2n) is 4.57. The van der Waals surface area contributed by atoms with Gasteiger partial charge in [0.2, 0.25) is 6.29 Å². The van der Waals surface area contributed by atoms with Crippen LogP contribution >= 0.6 is 0 Å². The number of aliphatic hydroxyl groups excluding tert-OH is 4. The molecule has 1 fully saturated rings. The minimum absolute atomic E-state index is 0.0496. The van der Waals surface area contributed by atoms with Crippen LogP contribution in [0.5, 0.6) is 5.75 Å². The van der Waals surface area contributed by atoms with E-state index in [4.69, 9.17) is 14.6 Å². The zero-order valence-electron chi connectivity index (χ0n) is 10.8. The van der Waals surface area contributed by atoms with Crippen LogP contribution in [0.4, 0.5) is 5.69 Å². The molecule has 9 heteroatoms. The van der Waals surface area contributed by atoms with E-state index in [2.05, 4.69) is 0 Å². The predicted octanol–water partition coefficient (Wildman–Crippen LogP) is -1.23. The molecule has 0 spiro atoms. The van der Waals surface area contributed by atoms with Gasteiger partial charge < -0.3 is 29.9 Å². The van der Waals surface area contributed by atoms with Crippen LogP contribution in [0.1, 0.15) is 0 Å². The molecule has 0 aromatic heterocycles. The zero-order valence-corrected chi connectivity index (χ0v) is 10.8. The van der Waals surface area contributed by atoms with Gasteiger partial charge in [0.05, 0.1) is 17.6 Å². The van der Waals surface area contributed by atoms with Crippen molar-refractivity contribution in [3.8, 4) is 5.75 Å². The molecule has 5 atom stereocenters. The lowest BCUT2D eigenvalue weighted by Crippen LogP contribution is -2.60. The first-order valence-electron chi connectivity index (χ1n) is 6.15. The monoisotopic (exact) mass is 301 g/mol. The molecule has 4 N–H and O–H groups in total. The average molecular weight is 301 g/mol. The fourth-order valence-corrected chi connectivity index (χ4v) is 1.97. The third-order valence-corrected chi connectivity index (χ3v) is 3.13. The van der Waals surface area contributed by atoms with Crippen molar-refractivity contribution in [2.75, 3.05) is 6.61 Å². The summed E-state index contributed by atoms with van der Waals surface area (Å²) in [5, 5.41) is 48.7. The number of aliphatic hydroxyl groups is 4. The third kappa shape index (κ3) is 3.28. The van der Waals surface area contributed by atoms with Crippen LogP contribution in [0.2, 0.25) is 0 Å². The van der Waals surface area contributed by atoms with Crippen molar-refractivity contribution in [2.45, 2.75) is 30.7 Å². The zero-order chi connectivity index (χ0) is 15.6. The Morgan fingerprint density at radius 3 is 2.57 bits per heavy atom. The Hall–Kier alpha value is -1.78. The van der Waals surface area contributed by atoms with Gasteiger partial charge in [-0.05, 0) is 6.07 Å². The molecule has 9 nitrogen and oxygen atoms in total. The molecular weight excluding hydrogens is 286 g/mol. The van der Waals surface area contributed by atoms with Crippen LogP contribution < -0.4 is 4.74 Å². The van der Waals surface area contributed by atoms with Crippen LogP contribution in [-0.4, -0.2) is 62.7 Å². The van der Waals surface area contributed by atoms with Crippen LogP contribution in [0, 0.1) is 10.1 Å². The summed E-state index contributed by atoms with van der Waals surface area (Å²) in [5.41, 5.74) is -0.211. The molecule has 21 heavy (non-hydrogen) atoms. The van der Waals surface area contributed by atoms with Crippen molar-refractivity contribution in [3.05, 3.63) is 34.4 Å². The molecule has 2 rings (SSSR count). The maximum absolute atomic E-state index is 10.7. The molecule has 0 amide bonds. The summed E-state index contributed by atoms with van der Waals surface area (Å²) in [4.78, 5) is 10.1. The fourth-order valence-electron chi connectivity index (χ4n) is 1.97. The van der Waals surface area contributed by atoms with Crippen molar-refractivity contribution in [3.63, 3.8) is 0 Å². The summed E-state index contributed by atoms with van der Waals surface area (Å²) in [6.07, 6.45) is -7.11. The highest BCUT2D eigenvalue weighted by atomic mass is 16.7. The summed E-state index contributed by atoms with van der Waals surface area (Å²) in [7, 11) is 0. The van der Waals surface area contributed by atoms with Gasteiger partial charge in [-0.3, -0.25) is 10.1 Å². The highest BCUT2D eigenvalue weighted by Crippen LogP contribution is 2.26. The van der Waals surface area contributed by atoms with Gasteiger partial charge in [-0.15, -0.1) is 0 Å². The summed E-state index contributed by atoms with van der Waals surface area (Å²) < 4.78 is 10.4. The maximum atomic E-state index is 10.7. The number of benzene rings is 1. The number of rotatable bonds is 4. The SMILES string of the molecule is O=[N+]([O-])c1cccc(O[C@@H]2OC(CO)[C@@H](O)[C@H](O)C2O)c1. The molecule has 1 heterocycles. The Balaban J connectivity index is 2.14. The van der Waals surface area contributed by atoms with Gasteiger partial charge in [-0.2, -0.15) is 0 Å². The molecule has 116 valence electrons. The lowest BCUT2D eigenvalue weighted by molar-refractivity contribution is -0.385. The lowest BCUT2D eigenvalue weighted by Gasteiger charge is -2.39. The van der Waals surface area contributed by atoms with Crippen LogP contribution in [0.15, 0.2) is 24.3 Å². The molecule has 0 saturated carbocycles. The molecule has 0 radical (unpaired) electrons. The molecular formula is C12H15NO8. The Morgan fingerprint density at radius 2 is 1.95 bits per heavy atom. The smallest absolute Gasteiger partial charge is 0.273 e. The average Bonchev–Trinajstić information content (AvgIpc) is 2.48. The van der Waals surface area contributed by atoms with E-state index in [1.165, 1.54) is 18.2 Å². The lowest BCUT2D eigenvalue weighted by atomic mass is 9.99. The van der Waals surface area contributed by atoms with Gasteiger partial charge in [0.25, 0.3) is 5.69 Å². The summed E-state index contributed by atoms with van der Waals surface area (Å²) in [6, 6.07) is 5.19. The fraction of sp³-hybridized carbons (Fsp3) is 0.500. The van der Waals surface area contributed by atoms with Crippen molar-refractivity contribution >= 4 is 5.69 Å². The predicted molar refractivity (Wildman–Crippen MR) is 67.5 cm³/mol. The van der Waals surface area contributed by atoms with E-state index in [9.17, 15) is 25.4 Å². The number of ether oxygens (including phenoxy) is 2. The first-order valence-corrected chi connectivity index (χ1v) is 6.15. The van der Waals surface area contributed by atoms with E-state index in [0.29, 0.717) is 0 Å². The number of hydrogen-bond donors (Lipinski definition) is 4. The largest absolute Gasteiger partial charge is 0.462 e. The Kier molecular flexibility index (Phi) is 4.70. The van der Waals surface area contributed by atoms with Crippen molar-refractivity contribution in [1.29, 1.82) is 0 Å². The minimum Gasteiger partial charge on any atom is -0.462 e. The quantitative estimate of drug-likeness (QED) is 0.400. The van der Waals surface area contributed by atoms with Gasteiger partial charge in [0.15, 0.2) is 0 Å². The second kappa shape index (κ2) is 6.33. The summed E-state index contributed by atoms with van der Waals surface area (Å²) in [6.45, 7) is -0.584. The summed E-state index contributed by atoms with van der Waals surface area (Å²) >= 11 is 0. The Bertz CT molecular complexity index is 508. The molecule has 0 aliphatic carbocycles. The van der Waals surface area contributed by atoms with E-state index in [-0.39, 0.29) is 11.4 Å². The molecule has 1 saturated heterocycles. The van der Waals surface area contributed by atoms with E-state index in [1.54, 1.807) is 0 Å². The van der Waals surface area contributed by atoms with Gasteiger partial charge in [0.1, 0.15) is 30.2 Å². The molecule has 1 aliphatic rings. The Labute approximate surface area is 119 Å². The van der Waals surface area contributed by atoms with Gasteiger partial charge in [-0.1, -0.05) is 6.07 Å². The number of nitro benzene ring substituents is 1. The maximum Gasteiger partial charge on any atom is 0.273 e. The minimum atomic E-state index is -1.57. The number of hydrogen-bond acceptors (Lipinski definition) is 8. The highest BCUT2D eigenvalue weighted by Gasteiger charge is 2.44. The van der Waals surface area contributed by atoms with E-state index in [1.807, 2.05) is 0 Å². The highest BCUT2D eigenvalue weighted by molar-refractivity contribution is 5.38. The van der Waals surface area contributed by atoms with Crippen LogP contribution in [0.25, 0.3) is 0 Å². The molecule has 2 unspecified atom stereocenters. The molecule has 0 bridgehead atoms. The standard InChI is InChI=1S/C12H15NO8/c14-5-8-9(15)10(16)11(17)12(21-8)20-7-3-1-2-6(4-7)13(18)19/h1-4,8-12,14-17H,5H2/t8?,9-,10+,11?,12-/m1/s1. The van der Waals surface area contributed by atoms with Crippen molar-refractivity contribution in [2.24, 2.45) is 0 Å². The van der Waals surface area contributed by atoms with E-state index < -0.39 is 42.2 Å². The molecule has 1 aliphatic heterocycles. The molecule has 1 aromatic carbocycles. The van der Waals surface area contributed by atoms with Crippen molar-refractivity contribution < 1.29 is 34.8 Å². The van der Waals surface area contributed by atoms with Crippen LogP contribution in [-0.2, 0) is 4.74 Å². The third-order valence-electron chi connectivity index (χ3n) is 3.13. The normalized spacial score (nSPS) is 32.7. The Morgan fingerprint density at radius 1 is 1.24 bits per heavy atom. The number of nitro groups is 1. The topological polar surface area (TPSA) is 143 Å². The molecule has 1 aromatic rings. The van der Waals surface area contributed by atoms with Gasteiger partial charge in [0, 0.05) is 6.07 Å². The van der Waals surface area contributed by atoms with Crippen LogP contribution in [0.3, 0.4) is 0 Å². The number of nitrogens with zero attached hydrogens (tertiary/aromatic N) is 1. The van der Waals surface area contributed by atoms with Crippen molar-refractivity contribution in [1.82, 2.24) is 0 Å². The second-order valence-corrected chi connectivity index (χ2v) is 4.57. The van der Waals surface area contributed by atoms with E-state index in [0.717, 1.165) is 6.07 Å². The number of non-ortho nitro benzene ring substituents is 1. The first-order chi connectivity index (χ1) is 9.93. The van der Waals surface area contributed by atoms with Gasteiger partial charge in [-0.25, -0.2) is 0 Å². The van der Waals surface area contributed by atoms with Gasteiger partial charge >= 0.3 is 0 Å². The first kappa shape index (κ1) is 15.6.